The Hall–Kier alpha value is -0.790. The third kappa shape index (κ3) is 35.1. The van der Waals surface area contributed by atoms with Crippen molar-refractivity contribution >= 4 is 5.97 Å². The van der Waals surface area contributed by atoms with Gasteiger partial charge in [0.1, 0.15) is 0 Å². The Labute approximate surface area is 304 Å². The molecule has 0 spiro atoms. The molecule has 0 aromatic heterocycles. The minimum absolute atomic E-state index is 0.0364. The molecule has 0 saturated heterocycles. The van der Waals surface area contributed by atoms with Gasteiger partial charge >= 0.3 is 5.97 Å². The highest BCUT2D eigenvalue weighted by molar-refractivity contribution is 5.88. The summed E-state index contributed by atoms with van der Waals surface area (Å²) in [6, 6.07) is 0. The normalized spacial score (nSPS) is 12.1. The van der Waals surface area contributed by atoms with Crippen LogP contribution in [0.25, 0.3) is 0 Å². The first-order valence-corrected chi connectivity index (χ1v) is 22.5. The molecule has 0 unspecified atom stereocenters. The summed E-state index contributed by atoms with van der Waals surface area (Å²) in [6.07, 6.45) is 51.3. The van der Waals surface area contributed by atoms with Gasteiger partial charge in [-0.05, 0) is 39.0 Å². The van der Waals surface area contributed by atoms with Crippen LogP contribution in [-0.4, -0.2) is 12.6 Å². The lowest BCUT2D eigenvalue weighted by molar-refractivity contribution is -0.139. The lowest BCUT2D eigenvalue weighted by Crippen LogP contribution is -2.10. The van der Waals surface area contributed by atoms with Gasteiger partial charge in [0.2, 0.25) is 0 Å². The second-order valence-electron chi connectivity index (χ2n) is 15.5. The smallest absolute Gasteiger partial charge is 0.333 e. The molecule has 2 heteroatoms. The number of carbonyl (C=O) groups excluding carboxylic acids is 1. The topological polar surface area (TPSA) is 26.3 Å². The zero-order chi connectivity index (χ0) is 35.0. The molecule has 0 aliphatic rings. The Morgan fingerprint density at radius 2 is 0.562 bits per heavy atom. The molecule has 0 radical (unpaired) electrons. The minimum Gasteiger partial charge on any atom is -0.462 e. The number of ether oxygens (including phenoxy) is 1. The van der Waals surface area contributed by atoms with Crippen molar-refractivity contribution in [3.63, 3.8) is 0 Å². The highest BCUT2D eigenvalue weighted by Gasteiger charge is 2.12. The SMILES string of the molecule is CCCCCCCCCCCCCCCCOC(=O)/C(C)=C(/CCCCCCCCCCCC)CCCCCCCCCCCCCC. The second-order valence-corrected chi connectivity index (χ2v) is 15.5. The van der Waals surface area contributed by atoms with Crippen LogP contribution >= 0.6 is 0 Å². The predicted octanol–water partition coefficient (Wildman–Crippen LogP) is 16.7. The number of esters is 1. The molecule has 0 aliphatic carbocycles. The molecule has 0 bridgehead atoms. The molecule has 286 valence electrons. The standard InChI is InChI=1S/C46H90O2/c1-5-8-11-14-17-20-23-25-26-28-31-34-37-40-43-48-46(47)44(4)45(41-38-35-32-29-22-19-16-13-10-7-3)42-39-36-33-30-27-24-21-18-15-12-9-6-2/h5-43H2,1-4H3/b45-44-. The van der Waals surface area contributed by atoms with Gasteiger partial charge < -0.3 is 4.74 Å². The van der Waals surface area contributed by atoms with Crippen LogP contribution in [-0.2, 0) is 9.53 Å². The first-order valence-electron chi connectivity index (χ1n) is 22.5. The van der Waals surface area contributed by atoms with Crippen LogP contribution in [0.3, 0.4) is 0 Å². The number of hydrogen-bond acceptors (Lipinski definition) is 2. The van der Waals surface area contributed by atoms with E-state index < -0.39 is 0 Å². The van der Waals surface area contributed by atoms with E-state index in [4.69, 9.17) is 4.74 Å². The van der Waals surface area contributed by atoms with E-state index in [0.717, 1.165) is 24.8 Å². The van der Waals surface area contributed by atoms with Crippen LogP contribution < -0.4 is 0 Å². The number of hydrogen-bond donors (Lipinski definition) is 0. The molecule has 0 heterocycles. The fourth-order valence-electron chi connectivity index (χ4n) is 7.22. The maximum absolute atomic E-state index is 13.0. The van der Waals surface area contributed by atoms with Crippen LogP contribution in [0.4, 0.5) is 0 Å². The Bertz CT molecular complexity index is 665. The average Bonchev–Trinajstić information content (AvgIpc) is 3.09. The fraction of sp³-hybridized carbons (Fsp3) is 0.935. The van der Waals surface area contributed by atoms with Crippen molar-refractivity contribution in [2.24, 2.45) is 0 Å². The molecule has 0 amide bonds. The Morgan fingerprint density at radius 1 is 0.333 bits per heavy atom. The predicted molar refractivity (Wildman–Crippen MR) is 216 cm³/mol. The van der Waals surface area contributed by atoms with Gasteiger partial charge in [0.25, 0.3) is 0 Å². The molecular weight excluding hydrogens is 585 g/mol. The highest BCUT2D eigenvalue weighted by atomic mass is 16.5. The summed E-state index contributed by atoms with van der Waals surface area (Å²) in [5.41, 5.74) is 2.33. The summed E-state index contributed by atoms with van der Waals surface area (Å²) < 4.78 is 5.81. The highest BCUT2D eigenvalue weighted by Crippen LogP contribution is 2.23. The molecule has 2 nitrogen and oxygen atoms in total. The lowest BCUT2D eigenvalue weighted by atomic mass is 9.95. The molecule has 0 rings (SSSR count). The maximum Gasteiger partial charge on any atom is 0.333 e. The molecular formula is C46H90O2. The van der Waals surface area contributed by atoms with Crippen molar-refractivity contribution in [3.8, 4) is 0 Å². The van der Waals surface area contributed by atoms with Gasteiger partial charge in [-0.25, -0.2) is 4.79 Å². The van der Waals surface area contributed by atoms with Crippen molar-refractivity contribution in [1.29, 1.82) is 0 Å². The van der Waals surface area contributed by atoms with Gasteiger partial charge in [-0.3, -0.25) is 0 Å². The molecule has 48 heavy (non-hydrogen) atoms. The van der Waals surface area contributed by atoms with Crippen molar-refractivity contribution in [3.05, 3.63) is 11.1 Å². The first-order chi connectivity index (χ1) is 23.7. The summed E-state index contributed by atoms with van der Waals surface area (Å²) in [5, 5.41) is 0. The number of allylic oxidation sites excluding steroid dienone is 1. The summed E-state index contributed by atoms with van der Waals surface area (Å²) >= 11 is 0. The largest absolute Gasteiger partial charge is 0.462 e. The maximum atomic E-state index is 13.0. The monoisotopic (exact) mass is 675 g/mol. The average molecular weight is 675 g/mol. The van der Waals surface area contributed by atoms with Crippen LogP contribution in [0, 0.1) is 0 Å². The zero-order valence-corrected chi connectivity index (χ0v) is 33.9. The summed E-state index contributed by atoms with van der Waals surface area (Å²) in [5.74, 6) is -0.0364. The summed E-state index contributed by atoms with van der Waals surface area (Å²) in [4.78, 5) is 13.0. The molecule has 0 aliphatic heterocycles. The van der Waals surface area contributed by atoms with Gasteiger partial charge in [0.15, 0.2) is 0 Å². The van der Waals surface area contributed by atoms with Gasteiger partial charge in [0.05, 0.1) is 6.61 Å². The van der Waals surface area contributed by atoms with E-state index >= 15 is 0 Å². The Morgan fingerprint density at radius 3 is 0.833 bits per heavy atom. The van der Waals surface area contributed by atoms with Crippen LogP contribution in [0.1, 0.15) is 272 Å². The van der Waals surface area contributed by atoms with Crippen LogP contribution in [0.5, 0.6) is 0 Å². The minimum atomic E-state index is -0.0364. The number of carbonyl (C=O) groups is 1. The van der Waals surface area contributed by atoms with Crippen molar-refractivity contribution in [2.75, 3.05) is 6.61 Å². The quantitative estimate of drug-likeness (QED) is 0.0367. The van der Waals surface area contributed by atoms with E-state index in [-0.39, 0.29) is 5.97 Å². The molecule has 0 aromatic rings. The molecule has 0 saturated carbocycles. The number of unbranched alkanes of at least 4 members (excludes halogenated alkanes) is 33. The molecule has 0 N–H and O–H groups in total. The lowest BCUT2D eigenvalue weighted by Gasteiger charge is -2.13. The van der Waals surface area contributed by atoms with Gasteiger partial charge in [-0.15, -0.1) is 0 Å². The van der Waals surface area contributed by atoms with Crippen LogP contribution in [0.2, 0.25) is 0 Å². The second kappa shape index (κ2) is 40.6. The van der Waals surface area contributed by atoms with Gasteiger partial charge in [-0.2, -0.15) is 0 Å². The van der Waals surface area contributed by atoms with E-state index in [0.29, 0.717) is 6.61 Å². The van der Waals surface area contributed by atoms with E-state index in [1.165, 1.54) is 230 Å². The third-order valence-corrected chi connectivity index (χ3v) is 10.7. The van der Waals surface area contributed by atoms with E-state index in [1.54, 1.807) is 0 Å². The third-order valence-electron chi connectivity index (χ3n) is 10.7. The van der Waals surface area contributed by atoms with E-state index in [1.807, 2.05) is 0 Å². The Balaban J connectivity index is 4.25. The molecule has 0 aromatic carbocycles. The van der Waals surface area contributed by atoms with Gasteiger partial charge in [0, 0.05) is 5.57 Å². The summed E-state index contributed by atoms with van der Waals surface area (Å²) in [7, 11) is 0. The molecule has 0 atom stereocenters. The Kier molecular flexibility index (Phi) is 40.0. The van der Waals surface area contributed by atoms with E-state index in [9.17, 15) is 4.79 Å². The summed E-state index contributed by atoms with van der Waals surface area (Å²) in [6.45, 7) is 9.54. The first kappa shape index (κ1) is 47.2. The van der Waals surface area contributed by atoms with E-state index in [2.05, 4.69) is 27.7 Å². The van der Waals surface area contributed by atoms with Gasteiger partial charge in [-0.1, -0.05) is 238 Å². The molecule has 0 fully saturated rings. The van der Waals surface area contributed by atoms with Crippen molar-refractivity contribution in [1.82, 2.24) is 0 Å². The fourth-order valence-corrected chi connectivity index (χ4v) is 7.22. The van der Waals surface area contributed by atoms with Crippen molar-refractivity contribution < 1.29 is 9.53 Å². The van der Waals surface area contributed by atoms with Crippen molar-refractivity contribution in [2.45, 2.75) is 272 Å². The number of rotatable bonds is 40. The zero-order valence-electron chi connectivity index (χ0n) is 33.9. The van der Waals surface area contributed by atoms with Crippen LogP contribution in [0.15, 0.2) is 11.1 Å².